The number of carbonyl (C=O) groups excluding carboxylic acids is 1. The Balaban J connectivity index is 2.11. The second-order valence-corrected chi connectivity index (χ2v) is 7.93. The van der Waals surface area contributed by atoms with Crippen molar-refractivity contribution in [3.8, 4) is 11.1 Å². The first kappa shape index (κ1) is 22.2. The molecule has 0 bridgehead atoms. The highest BCUT2D eigenvalue weighted by atomic mass is 79.9. The largest absolute Gasteiger partial charge is 0.330 e. The molecular formula is C19H12BrCl2F2N3O3. The van der Waals surface area contributed by atoms with E-state index in [0.717, 1.165) is 39.6 Å². The minimum atomic E-state index is -0.906. The van der Waals surface area contributed by atoms with Crippen LogP contribution in [0.25, 0.3) is 11.1 Å². The van der Waals surface area contributed by atoms with Gasteiger partial charge in [-0.25, -0.2) is 13.6 Å². The lowest BCUT2D eigenvalue weighted by Crippen LogP contribution is -2.40. The number of amides is 1. The predicted octanol–water partition coefficient (Wildman–Crippen LogP) is 4.35. The smallest absolute Gasteiger partial charge is 0.320 e. The summed E-state index contributed by atoms with van der Waals surface area (Å²) in [4.78, 5) is 36.7. The van der Waals surface area contributed by atoms with Gasteiger partial charge in [0.05, 0.1) is 15.7 Å². The summed E-state index contributed by atoms with van der Waals surface area (Å²) in [5, 5.41) is 2.32. The number of aryl methyl sites for hydroxylation is 1. The van der Waals surface area contributed by atoms with Crippen LogP contribution in [0.1, 0.15) is 10.4 Å². The summed E-state index contributed by atoms with van der Waals surface area (Å²) in [5.41, 5.74) is -1.83. The van der Waals surface area contributed by atoms with Crippen molar-refractivity contribution in [2.24, 2.45) is 14.1 Å². The SMILES string of the molecule is Cn1cc(C(=O)Nc2cc(F)cc(-c3cc(F)cc(Br)c3Cl)c2Cl)c(=O)n(C)c1=O. The zero-order chi connectivity index (χ0) is 22.3. The maximum atomic E-state index is 14.3. The number of nitrogens with one attached hydrogen (secondary N) is 1. The summed E-state index contributed by atoms with van der Waals surface area (Å²) in [5.74, 6) is -2.33. The normalized spacial score (nSPS) is 10.9. The average Bonchev–Trinajstić information content (AvgIpc) is 2.68. The van der Waals surface area contributed by atoms with Crippen LogP contribution in [0.3, 0.4) is 0 Å². The molecule has 6 nitrogen and oxygen atoms in total. The third kappa shape index (κ3) is 4.05. The van der Waals surface area contributed by atoms with Crippen molar-refractivity contribution >= 4 is 50.7 Å². The highest BCUT2D eigenvalue weighted by Crippen LogP contribution is 2.41. The molecule has 156 valence electrons. The van der Waals surface area contributed by atoms with E-state index in [2.05, 4.69) is 21.2 Å². The van der Waals surface area contributed by atoms with E-state index in [0.29, 0.717) is 0 Å². The van der Waals surface area contributed by atoms with Crippen LogP contribution in [0, 0.1) is 11.6 Å². The molecule has 1 heterocycles. The van der Waals surface area contributed by atoms with Crippen molar-refractivity contribution in [3.05, 3.63) is 83.0 Å². The van der Waals surface area contributed by atoms with Crippen molar-refractivity contribution in [2.75, 3.05) is 5.32 Å². The number of hydrogen-bond acceptors (Lipinski definition) is 3. The first-order chi connectivity index (χ1) is 14.0. The van der Waals surface area contributed by atoms with Gasteiger partial charge in [-0.15, -0.1) is 0 Å². The topological polar surface area (TPSA) is 73.1 Å². The Morgan fingerprint density at radius 3 is 2.20 bits per heavy atom. The zero-order valence-corrected chi connectivity index (χ0v) is 18.5. The van der Waals surface area contributed by atoms with Crippen molar-refractivity contribution in [3.63, 3.8) is 0 Å². The van der Waals surface area contributed by atoms with Crippen LogP contribution in [0.15, 0.2) is 44.5 Å². The summed E-state index contributed by atoms with van der Waals surface area (Å²) >= 11 is 15.6. The van der Waals surface area contributed by atoms with Gasteiger partial charge in [0.15, 0.2) is 0 Å². The number of halogens is 5. The number of nitrogens with zero attached hydrogens (tertiary/aromatic N) is 2. The van der Waals surface area contributed by atoms with Gasteiger partial charge >= 0.3 is 5.69 Å². The second kappa shape index (κ2) is 8.33. The number of rotatable bonds is 3. The van der Waals surface area contributed by atoms with E-state index in [1.165, 1.54) is 14.1 Å². The lowest BCUT2D eigenvalue weighted by atomic mass is 10.0. The highest BCUT2D eigenvalue weighted by molar-refractivity contribution is 9.10. The Hall–Kier alpha value is -2.49. The number of aromatic nitrogens is 2. The van der Waals surface area contributed by atoms with Crippen molar-refractivity contribution < 1.29 is 13.6 Å². The quantitative estimate of drug-likeness (QED) is 0.524. The van der Waals surface area contributed by atoms with Crippen LogP contribution in [0.2, 0.25) is 10.0 Å². The van der Waals surface area contributed by atoms with E-state index in [1.54, 1.807) is 0 Å². The molecule has 11 heteroatoms. The number of benzene rings is 2. The molecule has 0 spiro atoms. The molecule has 30 heavy (non-hydrogen) atoms. The van der Waals surface area contributed by atoms with Gasteiger partial charge in [-0.05, 0) is 40.2 Å². The highest BCUT2D eigenvalue weighted by Gasteiger charge is 2.20. The minimum absolute atomic E-state index is 0.0329. The van der Waals surface area contributed by atoms with Gasteiger partial charge in [-0.1, -0.05) is 23.2 Å². The van der Waals surface area contributed by atoms with Gasteiger partial charge in [-0.3, -0.25) is 14.2 Å². The van der Waals surface area contributed by atoms with Crippen LogP contribution in [0.5, 0.6) is 0 Å². The van der Waals surface area contributed by atoms with Crippen LogP contribution >= 0.6 is 39.1 Å². The molecule has 0 saturated carbocycles. The summed E-state index contributed by atoms with van der Waals surface area (Å²) in [6.07, 6.45) is 1.06. The van der Waals surface area contributed by atoms with Gasteiger partial charge in [0.2, 0.25) is 0 Å². The fourth-order valence-corrected chi connectivity index (χ4v) is 3.68. The summed E-state index contributed by atoms with van der Waals surface area (Å²) < 4.78 is 30.2. The molecular weight excluding hydrogens is 507 g/mol. The van der Waals surface area contributed by atoms with Crippen molar-refractivity contribution in [1.29, 1.82) is 0 Å². The van der Waals surface area contributed by atoms with E-state index in [1.807, 2.05) is 0 Å². The van der Waals surface area contributed by atoms with Crippen LogP contribution < -0.4 is 16.6 Å². The molecule has 0 aliphatic rings. The first-order valence-electron chi connectivity index (χ1n) is 8.23. The molecule has 2 aromatic carbocycles. The molecule has 1 aromatic heterocycles. The van der Waals surface area contributed by atoms with Crippen molar-refractivity contribution in [2.45, 2.75) is 0 Å². The zero-order valence-electron chi connectivity index (χ0n) is 15.4. The average molecular weight is 519 g/mol. The minimum Gasteiger partial charge on any atom is -0.320 e. The summed E-state index contributed by atoms with van der Waals surface area (Å²) in [6, 6.07) is 4.19. The molecule has 0 radical (unpaired) electrons. The Kier molecular flexibility index (Phi) is 6.16. The van der Waals surface area contributed by atoms with Gasteiger partial charge in [-0.2, -0.15) is 0 Å². The second-order valence-electron chi connectivity index (χ2n) is 6.32. The fraction of sp³-hybridized carbons (Fsp3) is 0.105. The van der Waals surface area contributed by atoms with Crippen LogP contribution in [-0.2, 0) is 14.1 Å². The molecule has 3 rings (SSSR count). The molecule has 0 aliphatic carbocycles. The van der Waals surface area contributed by atoms with E-state index < -0.39 is 28.8 Å². The molecule has 3 aromatic rings. The maximum Gasteiger partial charge on any atom is 0.330 e. The summed E-state index contributed by atoms with van der Waals surface area (Å²) in [6.45, 7) is 0. The lowest BCUT2D eigenvalue weighted by Gasteiger charge is -2.14. The monoisotopic (exact) mass is 517 g/mol. The number of anilines is 1. The molecule has 1 N–H and O–H groups in total. The Bertz CT molecular complexity index is 1320. The van der Waals surface area contributed by atoms with Gasteiger partial charge in [0.1, 0.15) is 17.2 Å². The van der Waals surface area contributed by atoms with E-state index in [4.69, 9.17) is 23.2 Å². The Morgan fingerprint density at radius 1 is 1.00 bits per heavy atom. The number of hydrogen-bond donors (Lipinski definition) is 1. The van der Waals surface area contributed by atoms with Gasteiger partial charge in [0.25, 0.3) is 11.5 Å². The maximum absolute atomic E-state index is 14.3. The molecule has 0 unspecified atom stereocenters. The lowest BCUT2D eigenvalue weighted by molar-refractivity contribution is 0.102. The van der Waals surface area contributed by atoms with E-state index >= 15 is 0 Å². The number of carbonyl (C=O) groups is 1. The molecule has 0 saturated heterocycles. The molecule has 0 fully saturated rings. The third-order valence-corrected chi connectivity index (χ3v) is 5.93. The van der Waals surface area contributed by atoms with Gasteiger partial charge < -0.3 is 9.88 Å². The standard InChI is InChI=1S/C19H12BrCl2F2N3O3/c1-26-7-12(18(29)27(2)19(26)30)17(28)25-14-6-9(24)4-11(16(14)22)10-3-8(23)5-13(20)15(10)21/h3-7H,1-2H3,(H,25,28). The van der Waals surface area contributed by atoms with Crippen LogP contribution in [0.4, 0.5) is 14.5 Å². The third-order valence-electron chi connectivity index (χ3n) is 4.26. The molecule has 0 atom stereocenters. The van der Waals surface area contributed by atoms with Crippen LogP contribution in [-0.4, -0.2) is 15.0 Å². The van der Waals surface area contributed by atoms with E-state index in [-0.39, 0.29) is 36.9 Å². The first-order valence-corrected chi connectivity index (χ1v) is 9.78. The summed E-state index contributed by atoms with van der Waals surface area (Å²) in [7, 11) is 2.59. The molecule has 1 amide bonds. The Labute approximate surface area is 186 Å². The molecule has 0 aliphatic heterocycles. The Morgan fingerprint density at radius 2 is 1.57 bits per heavy atom. The van der Waals surface area contributed by atoms with Gasteiger partial charge in [0, 0.05) is 35.9 Å². The fourth-order valence-electron chi connectivity index (χ4n) is 2.78. The van der Waals surface area contributed by atoms with Crippen molar-refractivity contribution in [1.82, 2.24) is 9.13 Å². The van der Waals surface area contributed by atoms with E-state index in [9.17, 15) is 23.2 Å². The predicted molar refractivity (Wildman–Crippen MR) is 114 cm³/mol.